The number of ketones is 1. The zero-order valence-corrected chi connectivity index (χ0v) is 10.2. The van der Waals surface area contributed by atoms with Crippen molar-refractivity contribution in [2.75, 3.05) is 20.3 Å². The molecule has 1 aromatic carbocycles. The third kappa shape index (κ3) is 4.53. The maximum Gasteiger partial charge on any atom is 0.163 e. The van der Waals surface area contributed by atoms with Crippen molar-refractivity contribution in [2.45, 2.75) is 19.8 Å². The van der Waals surface area contributed by atoms with Crippen LogP contribution in [0.1, 0.15) is 30.1 Å². The lowest BCUT2D eigenvalue weighted by atomic mass is 10.1. The summed E-state index contributed by atoms with van der Waals surface area (Å²) in [4.78, 5) is 11.3. The van der Waals surface area contributed by atoms with Gasteiger partial charge in [-0.05, 0) is 31.9 Å². The highest BCUT2D eigenvalue weighted by Crippen LogP contribution is 2.20. The average molecular weight is 240 g/mol. The minimum absolute atomic E-state index is 0.128. The summed E-state index contributed by atoms with van der Waals surface area (Å²) >= 11 is 0. The second kappa shape index (κ2) is 7.01. The normalized spacial score (nSPS) is 10.3. The maximum atomic E-state index is 13.0. The van der Waals surface area contributed by atoms with E-state index in [0.717, 1.165) is 12.8 Å². The quantitative estimate of drug-likeness (QED) is 0.543. The molecule has 0 aromatic heterocycles. The molecular weight excluding hydrogens is 223 g/mol. The molecule has 4 heteroatoms. The van der Waals surface area contributed by atoms with Gasteiger partial charge in [-0.25, -0.2) is 4.39 Å². The zero-order valence-electron chi connectivity index (χ0n) is 10.2. The second-order valence-electron chi connectivity index (χ2n) is 3.75. The van der Waals surface area contributed by atoms with Gasteiger partial charge >= 0.3 is 0 Å². The molecule has 1 aromatic rings. The number of carbonyl (C=O) groups excluding carboxylic acids is 1. The standard InChI is InChI=1S/C13H17FO3/c1-10(15)12-6-5-11(14)9-13(12)17-8-4-3-7-16-2/h5-6,9H,3-4,7-8H2,1-2H3. The molecule has 0 spiro atoms. The van der Waals surface area contributed by atoms with Gasteiger partial charge in [-0.3, -0.25) is 4.79 Å². The number of Topliss-reactive ketones (excluding diaryl/α,β-unsaturated/α-hetero) is 1. The summed E-state index contributed by atoms with van der Waals surface area (Å²) < 4.78 is 23.3. The van der Waals surface area contributed by atoms with E-state index in [2.05, 4.69) is 0 Å². The van der Waals surface area contributed by atoms with Crippen molar-refractivity contribution in [1.29, 1.82) is 0 Å². The van der Waals surface area contributed by atoms with Crippen molar-refractivity contribution in [1.82, 2.24) is 0 Å². The van der Waals surface area contributed by atoms with Crippen molar-refractivity contribution < 1.29 is 18.7 Å². The minimum atomic E-state index is -0.401. The molecule has 1 rings (SSSR count). The van der Waals surface area contributed by atoms with E-state index in [4.69, 9.17) is 9.47 Å². The fourth-order valence-electron chi connectivity index (χ4n) is 1.44. The third-order valence-electron chi connectivity index (χ3n) is 2.32. The van der Waals surface area contributed by atoms with Crippen LogP contribution in [-0.2, 0) is 4.74 Å². The van der Waals surface area contributed by atoms with Gasteiger partial charge in [-0.1, -0.05) is 0 Å². The predicted octanol–water partition coefficient (Wildman–Crippen LogP) is 2.83. The summed E-state index contributed by atoms with van der Waals surface area (Å²) in [5, 5.41) is 0. The van der Waals surface area contributed by atoms with Crippen molar-refractivity contribution in [3.05, 3.63) is 29.6 Å². The van der Waals surface area contributed by atoms with Gasteiger partial charge in [0, 0.05) is 19.8 Å². The first-order valence-corrected chi connectivity index (χ1v) is 5.57. The molecule has 0 aliphatic carbocycles. The summed E-state index contributed by atoms with van der Waals surface area (Å²) in [6.45, 7) is 2.56. The highest BCUT2D eigenvalue weighted by Gasteiger charge is 2.09. The number of hydrogen-bond donors (Lipinski definition) is 0. The first kappa shape index (κ1) is 13.6. The van der Waals surface area contributed by atoms with Crippen LogP contribution in [0.4, 0.5) is 4.39 Å². The fourth-order valence-corrected chi connectivity index (χ4v) is 1.44. The molecule has 0 radical (unpaired) electrons. The zero-order chi connectivity index (χ0) is 12.7. The van der Waals surface area contributed by atoms with E-state index in [-0.39, 0.29) is 5.78 Å². The summed E-state index contributed by atoms with van der Waals surface area (Å²) in [6.07, 6.45) is 1.68. The molecule has 94 valence electrons. The molecule has 0 saturated carbocycles. The summed E-state index contributed by atoms with van der Waals surface area (Å²) in [6, 6.07) is 3.95. The number of halogens is 1. The van der Waals surface area contributed by atoms with Crippen LogP contribution in [0.15, 0.2) is 18.2 Å². The van der Waals surface area contributed by atoms with Crippen LogP contribution < -0.4 is 4.74 Å². The molecule has 3 nitrogen and oxygen atoms in total. The summed E-state index contributed by atoms with van der Waals surface area (Å²) in [7, 11) is 1.64. The summed E-state index contributed by atoms with van der Waals surface area (Å²) in [5.41, 5.74) is 0.415. The monoisotopic (exact) mass is 240 g/mol. The van der Waals surface area contributed by atoms with Crippen molar-refractivity contribution in [3.8, 4) is 5.75 Å². The Balaban J connectivity index is 2.56. The molecule has 0 unspecified atom stereocenters. The van der Waals surface area contributed by atoms with E-state index in [1.807, 2.05) is 0 Å². The summed E-state index contributed by atoms with van der Waals surface area (Å²) in [5.74, 6) is -0.214. The van der Waals surface area contributed by atoms with Crippen LogP contribution >= 0.6 is 0 Å². The first-order chi connectivity index (χ1) is 8.15. The molecule has 0 aliphatic heterocycles. The SMILES string of the molecule is COCCCCOc1cc(F)ccc1C(C)=O. The van der Waals surface area contributed by atoms with Crippen LogP contribution in [-0.4, -0.2) is 26.1 Å². The third-order valence-corrected chi connectivity index (χ3v) is 2.32. The van der Waals surface area contributed by atoms with E-state index in [0.29, 0.717) is 24.5 Å². The number of rotatable bonds is 7. The van der Waals surface area contributed by atoms with E-state index in [9.17, 15) is 9.18 Å². The van der Waals surface area contributed by atoms with E-state index in [1.165, 1.54) is 25.1 Å². The number of benzene rings is 1. The lowest BCUT2D eigenvalue weighted by Gasteiger charge is -2.09. The Bertz CT molecular complexity index is 377. The molecule has 17 heavy (non-hydrogen) atoms. The van der Waals surface area contributed by atoms with Gasteiger partial charge in [0.2, 0.25) is 0 Å². The average Bonchev–Trinajstić information content (AvgIpc) is 2.28. The van der Waals surface area contributed by atoms with E-state index in [1.54, 1.807) is 7.11 Å². The Morgan fingerprint density at radius 3 is 2.65 bits per heavy atom. The van der Waals surface area contributed by atoms with Gasteiger partial charge in [-0.2, -0.15) is 0 Å². The lowest BCUT2D eigenvalue weighted by Crippen LogP contribution is -2.04. The van der Waals surface area contributed by atoms with Crippen LogP contribution in [0.2, 0.25) is 0 Å². The Labute approximate surface area is 101 Å². The Morgan fingerprint density at radius 2 is 2.00 bits per heavy atom. The van der Waals surface area contributed by atoms with Gasteiger partial charge in [0.1, 0.15) is 11.6 Å². The number of unbranched alkanes of at least 4 members (excludes halogenated alkanes) is 1. The largest absolute Gasteiger partial charge is 0.493 e. The van der Waals surface area contributed by atoms with Gasteiger partial charge in [0.25, 0.3) is 0 Å². The first-order valence-electron chi connectivity index (χ1n) is 5.57. The molecule has 0 aliphatic rings. The lowest BCUT2D eigenvalue weighted by molar-refractivity contribution is 0.101. The van der Waals surface area contributed by atoms with Crippen molar-refractivity contribution in [2.24, 2.45) is 0 Å². The molecule has 0 bridgehead atoms. The number of ether oxygens (including phenoxy) is 2. The van der Waals surface area contributed by atoms with Gasteiger partial charge in [0.05, 0.1) is 12.2 Å². The molecule has 0 saturated heterocycles. The molecule has 0 N–H and O–H groups in total. The highest BCUT2D eigenvalue weighted by atomic mass is 19.1. The molecule has 0 amide bonds. The Morgan fingerprint density at radius 1 is 1.29 bits per heavy atom. The molecule has 0 fully saturated rings. The Hall–Kier alpha value is -1.42. The maximum absolute atomic E-state index is 13.0. The topological polar surface area (TPSA) is 35.5 Å². The van der Waals surface area contributed by atoms with Crippen LogP contribution in [0.5, 0.6) is 5.75 Å². The number of methoxy groups -OCH3 is 1. The van der Waals surface area contributed by atoms with Crippen molar-refractivity contribution in [3.63, 3.8) is 0 Å². The van der Waals surface area contributed by atoms with Crippen LogP contribution in [0, 0.1) is 5.82 Å². The Kier molecular flexibility index (Phi) is 5.63. The number of carbonyl (C=O) groups is 1. The molecule has 0 atom stereocenters. The fraction of sp³-hybridized carbons (Fsp3) is 0.462. The highest BCUT2D eigenvalue weighted by molar-refractivity contribution is 5.96. The predicted molar refractivity (Wildman–Crippen MR) is 63.0 cm³/mol. The molecule has 0 heterocycles. The minimum Gasteiger partial charge on any atom is -0.493 e. The second-order valence-corrected chi connectivity index (χ2v) is 3.75. The van der Waals surface area contributed by atoms with E-state index < -0.39 is 5.82 Å². The van der Waals surface area contributed by atoms with Gasteiger partial charge < -0.3 is 9.47 Å². The van der Waals surface area contributed by atoms with Crippen LogP contribution in [0.25, 0.3) is 0 Å². The van der Waals surface area contributed by atoms with Crippen molar-refractivity contribution >= 4 is 5.78 Å². The van der Waals surface area contributed by atoms with Crippen LogP contribution in [0.3, 0.4) is 0 Å². The number of hydrogen-bond acceptors (Lipinski definition) is 3. The smallest absolute Gasteiger partial charge is 0.163 e. The molecular formula is C13H17FO3. The van der Waals surface area contributed by atoms with E-state index >= 15 is 0 Å². The van der Waals surface area contributed by atoms with Gasteiger partial charge in [-0.15, -0.1) is 0 Å². The van der Waals surface area contributed by atoms with Gasteiger partial charge in [0.15, 0.2) is 5.78 Å².